The Hall–Kier alpha value is -3.14. The number of anilines is 1. The Morgan fingerprint density at radius 2 is 1.48 bits per heavy atom. The molecule has 0 aliphatic heterocycles. The summed E-state index contributed by atoms with van der Waals surface area (Å²) in [6.07, 6.45) is 1.73. The average molecular weight is 388 g/mol. The van der Waals surface area contributed by atoms with Crippen LogP contribution in [0.3, 0.4) is 0 Å². The van der Waals surface area contributed by atoms with E-state index in [-0.39, 0.29) is 11.9 Å². The summed E-state index contributed by atoms with van der Waals surface area (Å²) in [5.41, 5.74) is 3.86. The van der Waals surface area contributed by atoms with Crippen molar-refractivity contribution in [3.8, 4) is 0 Å². The fraction of sp³-hybridized carbons (Fsp3) is 0.280. The van der Waals surface area contributed by atoms with Gasteiger partial charge in [-0.3, -0.25) is 9.78 Å². The Kier molecular flexibility index (Phi) is 7.01. The van der Waals surface area contributed by atoms with Gasteiger partial charge < -0.3 is 9.80 Å². The molecule has 0 bridgehead atoms. The van der Waals surface area contributed by atoms with Crippen LogP contribution in [0, 0.1) is 0 Å². The van der Waals surface area contributed by atoms with Crippen molar-refractivity contribution in [3.63, 3.8) is 0 Å². The lowest BCUT2D eigenvalue weighted by atomic mass is 10.1. The first kappa shape index (κ1) is 20.6. The number of carbonyl (C=O) groups excluding carboxylic acids is 1. The van der Waals surface area contributed by atoms with E-state index in [4.69, 9.17) is 0 Å². The molecular formula is C25H29N3O. The van der Waals surface area contributed by atoms with Gasteiger partial charge in [-0.25, -0.2) is 0 Å². The van der Waals surface area contributed by atoms with Crippen LogP contribution in [0.5, 0.6) is 0 Å². The molecule has 3 aromatic rings. The highest BCUT2D eigenvalue weighted by molar-refractivity contribution is 5.93. The van der Waals surface area contributed by atoms with Crippen LogP contribution in [0.2, 0.25) is 0 Å². The highest BCUT2D eigenvalue weighted by atomic mass is 16.2. The molecule has 0 unspecified atom stereocenters. The van der Waals surface area contributed by atoms with Crippen molar-refractivity contribution in [1.29, 1.82) is 0 Å². The molecule has 0 saturated carbocycles. The molecule has 1 heterocycles. The van der Waals surface area contributed by atoms with E-state index in [0.29, 0.717) is 12.2 Å². The summed E-state index contributed by atoms with van der Waals surface area (Å²) in [6.45, 7) is 8.43. The number of benzene rings is 2. The SMILES string of the molecule is CCN(Cc1ccccc1)c1ccnc(C(=O)N(Cc2ccccc2)C(C)C)c1. The van der Waals surface area contributed by atoms with Gasteiger partial charge in [0.05, 0.1) is 0 Å². The number of amides is 1. The van der Waals surface area contributed by atoms with Gasteiger partial charge in [0.25, 0.3) is 5.91 Å². The lowest BCUT2D eigenvalue weighted by molar-refractivity contribution is 0.0684. The molecule has 0 spiro atoms. The zero-order valence-corrected chi connectivity index (χ0v) is 17.5. The Morgan fingerprint density at radius 1 is 0.897 bits per heavy atom. The normalized spacial score (nSPS) is 10.8. The number of hydrogen-bond donors (Lipinski definition) is 0. The predicted molar refractivity (Wildman–Crippen MR) is 119 cm³/mol. The number of aromatic nitrogens is 1. The van der Waals surface area contributed by atoms with Crippen molar-refractivity contribution in [2.24, 2.45) is 0 Å². The van der Waals surface area contributed by atoms with E-state index in [9.17, 15) is 4.79 Å². The first-order valence-electron chi connectivity index (χ1n) is 10.2. The van der Waals surface area contributed by atoms with E-state index in [0.717, 1.165) is 24.3 Å². The first-order chi connectivity index (χ1) is 14.1. The van der Waals surface area contributed by atoms with E-state index < -0.39 is 0 Å². The molecule has 0 N–H and O–H groups in total. The summed E-state index contributed by atoms with van der Waals surface area (Å²) in [7, 11) is 0. The number of hydrogen-bond acceptors (Lipinski definition) is 3. The minimum absolute atomic E-state index is 0.0403. The van der Waals surface area contributed by atoms with Crippen molar-refractivity contribution in [3.05, 3.63) is 95.8 Å². The monoisotopic (exact) mass is 387 g/mol. The second-order valence-electron chi connectivity index (χ2n) is 7.41. The zero-order chi connectivity index (χ0) is 20.6. The van der Waals surface area contributed by atoms with Crippen LogP contribution in [0.4, 0.5) is 5.69 Å². The van der Waals surface area contributed by atoms with Gasteiger partial charge in [-0.1, -0.05) is 60.7 Å². The number of rotatable bonds is 8. The van der Waals surface area contributed by atoms with E-state index in [2.05, 4.69) is 41.1 Å². The fourth-order valence-electron chi connectivity index (χ4n) is 3.34. The largest absolute Gasteiger partial charge is 0.367 e. The van der Waals surface area contributed by atoms with Crippen molar-refractivity contribution in [2.45, 2.75) is 39.9 Å². The van der Waals surface area contributed by atoms with E-state index in [1.165, 1.54) is 5.56 Å². The van der Waals surface area contributed by atoms with Crippen molar-refractivity contribution in [2.75, 3.05) is 11.4 Å². The number of nitrogens with zero attached hydrogens (tertiary/aromatic N) is 3. The van der Waals surface area contributed by atoms with Crippen LogP contribution >= 0.6 is 0 Å². The molecule has 0 aliphatic rings. The molecule has 0 radical (unpaired) electrons. The third-order valence-corrected chi connectivity index (χ3v) is 5.01. The standard InChI is InChI=1S/C25H29N3O/c1-4-27(18-21-11-7-5-8-12-21)23-15-16-26-24(17-23)25(29)28(20(2)3)19-22-13-9-6-10-14-22/h5-17,20H,4,18-19H2,1-3H3. The lowest BCUT2D eigenvalue weighted by Crippen LogP contribution is -2.37. The number of carbonyl (C=O) groups is 1. The smallest absolute Gasteiger partial charge is 0.273 e. The fourth-order valence-corrected chi connectivity index (χ4v) is 3.34. The van der Waals surface area contributed by atoms with Gasteiger partial charge >= 0.3 is 0 Å². The molecule has 29 heavy (non-hydrogen) atoms. The maximum absolute atomic E-state index is 13.3. The first-order valence-corrected chi connectivity index (χ1v) is 10.2. The van der Waals surface area contributed by atoms with Crippen molar-refractivity contribution >= 4 is 11.6 Å². The topological polar surface area (TPSA) is 36.4 Å². The third-order valence-electron chi connectivity index (χ3n) is 5.01. The van der Waals surface area contributed by atoms with Gasteiger partial charge in [-0.2, -0.15) is 0 Å². The summed E-state index contributed by atoms with van der Waals surface area (Å²) in [4.78, 5) is 21.8. The quantitative estimate of drug-likeness (QED) is 0.536. The van der Waals surface area contributed by atoms with Gasteiger partial charge in [0.1, 0.15) is 5.69 Å². The summed E-state index contributed by atoms with van der Waals surface area (Å²) in [5, 5.41) is 0. The Bertz CT molecular complexity index is 910. The van der Waals surface area contributed by atoms with Gasteiger partial charge in [0, 0.05) is 37.6 Å². The van der Waals surface area contributed by atoms with E-state index >= 15 is 0 Å². The van der Waals surface area contributed by atoms with Crippen molar-refractivity contribution in [1.82, 2.24) is 9.88 Å². The molecule has 1 aromatic heterocycles. The molecule has 150 valence electrons. The highest BCUT2D eigenvalue weighted by Gasteiger charge is 2.21. The van der Waals surface area contributed by atoms with E-state index in [1.807, 2.05) is 67.3 Å². The minimum Gasteiger partial charge on any atom is -0.367 e. The summed E-state index contributed by atoms with van der Waals surface area (Å²) < 4.78 is 0. The molecule has 3 rings (SSSR count). The van der Waals surface area contributed by atoms with Crippen LogP contribution in [-0.4, -0.2) is 28.4 Å². The van der Waals surface area contributed by atoms with Crippen LogP contribution in [0.15, 0.2) is 79.0 Å². The third kappa shape index (κ3) is 5.44. The van der Waals surface area contributed by atoms with Gasteiger partial charge in [0.15, 0.2) is 0 Å². The molecule has 0 fully saturated rings. The maximum atomic E-state index is 13.3. The van der Waals surface area contributed by atoms with Gasteiger partial charge in [0.2, 0.25) is 0 Å². The van der Waals surface area contributed by atoms with Crippen molar-refractivity contribution < 1.29 is 4.79 Å². The van der Waals surface area contributed by atoms with Crippen LogP contribution in [-0.2, 0) is 13.1 Å². The van der Waals surface area contributed by atoms with E-state index in [1.54, 1.807) is 6.20 Å². The summed E-state index contributed by atoms with van der Waals surface area (Å²) >= 11 is 0. The average Bonchev–Trinajstić information content (AvgIpc) is 2.76. The minimum atomic E-state index is -0.0403. The molecular weight excluding hydrogens is 358 g/mol. The van der Waals surface area contributed by atoms with Crippen LogP contribution in [0.1, 0.15) is 42.4 Å². The van der Waals surface area contributed by atoms with Gasteiger partial charge in [-0.15, -0.1) is 0 Å². The summed E-state index contributed by atoms with van der Waals surface area (Å²) in [5.74, 6) is -0.0403. The second kappa shape index (κ2) is 9.87. The highest BCUT2D eigenvalue weighted by Crippen LogP contribution is 2.20. The second-order valence-corrected chi connectivity index (χ2v) is 7.41. The zero-order valence-electron chi connectivity index (χ0n) is 17.5. The number of pyridine rings is 1. The predicted octanol–water partition coefficient (Wildman–Crippen LogP) is 5.16. The van der Waals surface area contributed by atoms with Crippen LogP contribution < -0.4 is 4.90 Å². The Labute approximate surface area is 173 Å². The Morgan fingerprint density at radius 3 is 2.03 bits per heavy atom. The molecule has 4 nitrogen and oxygen atoms in total. The molecule has 0 saturated heterocycles. The molecule has 4 heteroatoms. The van der Waals surface area contributed by atoms with Gasteiger partial charge in [-0.05, 0) is 44.0 Å². The molecule has 0 atom stereocenters. The molecule has 0 aliphatic carbocycles. The maximum Gasteiger partial charge on any atom is 0.273 e. The summed E-state index contributed by atoms with van der Waals surface area (Å²) in [6, 6.07) is 24.4. The Balaban J connectivity index is 1.81. The lowest BCUT2D eigenvalue weighted by Gasteiger charge is -2.28. The molecule has 2 aromatic carbocycles. The molecule has 1 amide bonds. The van der Waals surface area contributed by atoms with Crippen LogP contribution in [0.25, 0.3) is 0 Å².